The summed E-state index contributed by atoms with van der Waals surface area (Å²) in [4.78, 5) is 49.9. The normalized spacial score (nSPS) is 40.5. The van der Waals surface area contributed by atoms with Gasteiger partial charge in [-0.2, -0.15) is 0 Å². The number of halogens is 2. The Kier molecular flexibility index (Phi) is 10.1. The average Bonchev–Trinajstić information content (AvgIpc) is 3.46. The second kappa shape index (κ2) is 13.0. The van der Waals surface area contributed by atoms with Gasteiger partial charge in [0.05, 0.1) is 18.6 Å². The van der Waals surface area contributed by atoms with Crippen LogP contribution in [0.25, 0.3) is 0 Å². The molecular formula is C33H45F2NO9S2. The van der Waals surface area contributed by atoms with Crippen molar-refractivity contribution in [1.82, 2.24) is 5.32 Å². The molecule has 1 unspecified atom stereocenters. The number of alkyl carbamates (subject to hydrolysis) is 1. The van der Waals surface area contributed by atoms with Crippen molar-refractivity contribution in [2.75, 3.05) is 18.9 Å². The number of aliphatic hydroxyl groups is 1. The van der Waals surface area contributed by atoms with Crippen LogP contribution in [0, 0.1) is 22.7 Å². The van der Waals surface area contributed by atoms with Gasteiger partial charge in [0.1, 0.15) is 6.17 Å². The number of amides is 1. The molecule has 0 aromatic rings. The summed E-state index contributed by atoms with van der Waals surface area (Å²) in [6.07, 6.45) is -0.971. The zero-order valence-corrected chi connectivity index (χ0v) is 29.0. The monoisotopic (exact) mass is 701 g/mol. The van der Waals surface area contributed by atoms with Crippen LogP contribution in [0.5, 0.6) is 0 Å². The summed E-state index contributed by atoms with van der Waals surface area (Å²) in [5, 5.41) is 23.3. The summed E-state index contributed by atoms with van der Waals surface area (Å²) in [5.41, 5.74) is -6.70. The lowest BCUT2D eigenvalue weighted by molar-refractivity contribution is -0.234. The number of aliphatic carboxylic acids is 1. The lowest BCUT2D eigenvalue weighted by Gasteiger charge is -2.63. The number of hydrogen-bond donors (Lipinski definition) is 3. The number of fused-ring (bicyclic) bond motifs is 7. The van der Waals surface area contributed by atoms with E-state index in [1.54, 1.807) is 6.92 Å². The molecule has 0 radical (unpaired) electrons. The van der Waals surface area contributed by atoms with Crippen molar-refractivity contribution < 1.29 is 52.4 Å². The number of rotatable bonds is 12. The molecule has 4 aliphatic carbocycles. The van der Waals surface area contributed by atoms with Crippen molar-refractivity contribution in [1.29, 1.82) is 0 Å². The van der Waals surface area contributed by atoms with E-state index in [4.69, 9.17) is 19.3 Å². The molecule has 3 saturated carbocycles. The Hall–Kier alpha value is -2.00. The van der Waals surface area contributed by atoms with Gasteiger partial charge in [0.2, 0.25) is 5.78 Å². The summed E-state index contributed by atoms with van der Waals surface area (Å²) in [6, 6.07) is 0. The number of ether oxygens (including phenoxy) is 3. The lowest BCUT2D eigenvalue weighted by Crippen LogP contribution is -2.71. The number of hydrogen-bond acceptors (Lipinski definition) is 10. The molecule has 3 N–H and O–H groups in total. The molecule has 1 saturated heterocycles. The van der Waals surface area contributed by atoms with Crippen LogP contribution in [0.4, 0.5) is 13.6 Å². The van der Waals surface area contributed by atoms with Crippen LogP contribution in [0.15, 0.2) is 23.8 Å². The highest BCUT2D eigenvalue weighted by atomic mass is 33.1. The minimum absolute atomic E-state index is 0.0103. The van der Waals surface area contributed by atoms with Gasteiger partial charge in [0.15, 0.2) is 29.9 Å². The van der Waals surface area contributed by atoms with Crippen molar-refractivity contribution in [3.8, 4) is 0 Å². The number of carboxylic acids is 1. The molecule has 0 aromatic carbocycles. The van der Waals surface area contributed by atoms with Crippen LogP contribution in [0.2, 0.25) is 0 Å². The second-order valence-electron chi connectivity index (χ2n) is 14.5. The van der Waals surface area contributed by atoms with Crippen LogP contribution in [-0.2, 0) is 28.6 Å². The number of carbonyl (C=O) groups is 4. The van der Waals surface area contributed by atoms with Crippen molar-refractivity contribution >= 4 is 45.2 Å². The number of nitrogens with one attached hydrogen (secondary N) is 1. The fourth-order valence-electron chi connectivity index (χ4n) is 8.96. The molecule has 4 fully saturated rings. The highest BCUT2D eigenvalue weighted by Gasteiger charge is 2.80. The number of ketones is 2. The zero-order valence-electron chi connectivity index (χ0n) is 27.4. The topological polar surface area (TPSA) is 148 Å². The van der Waals surface area contributed by atoms with E-state index in [1.807, 2.05) is 20.8 Å². The van der Waals surface area contributed by atoms with E-state index >= 15 is 8.78 Å². The minimum Gasteiger partial charge on any atom is -0.481 e. The molecule has 1 heterocycles. The molecule has 262 valence electrons. The Morgan fingerprint density at radius 1 is 1.21 bits per heavy atom. The molecule has 5 rings (SSSR count). The van der Waals surface area contributed by atoms with Crippen molar-refractivity contribution in [2.45, 2.75) is 114 Å². The molecule has 14 heteroatoms. The fourth-order valence-corrected chi connectivity index (χ4v) is 11.4. The summed E-state index contributed by atoms with van der Waals surface area (Å²) in [7, 11) is 2.81. The zero-order chi connectivity index (χ0) is 34.6. The SMILES string of the molecule is CCCC1O[C@@H]2C[C@H]3[C@@H]4C[C@H](F)C5=CC(=O)C=C[C@]5(C)[C@@]4(F)[C@@H](O)C[C@]3(C)[C@]2(C(=O)COC(=O)NCCSSC(C)(C)CC(=O)O)O1. The Labute approximate surface area is 281 Å². The number of carbonyl (C=O) groups excluding carboxylic acids is 3. The molecule has 10 nitrogen and oxygen atoms in total. The van der Waals surface area contributed by atoms with Crippen LogP contribution < -0.4 is 5.32 Å². The van der Waals surface area contributed by atoms with Gasteiger partial charge in [0, 0.05) is 33.8 Å². The summed E-state index contributed by atoms with van der Waals surface area (Å²) in [6.45, 7) is 8.43. The standard InChI is InChI=1S/C33H45F2NO9S2/c1-6-7-27-44-25-14-19-20-13-22(34)21-12-18(37)8-9-30(21,4)32(20,35)23(38)15-31(19,5)33(25,45-27)24(39)17-43-28(42)36-10-11-46-47-29(2,3)16-26(40)41/h8-9,12,19-20,22-23,25,27,38H,6-7,10-11,13-17H2,1-5H3,(H,36,42)(H,40,41)/t19-,20-,22-,23-,25+,27?,30-,31-,32-,33+/m0/s1. The van der Waals surface area contributed by atoms with E-state index < -0.39 is 93.6 Å². The first kappa shape index (κ1) is 36.3. The van der Waals surface area contributed by atoms with Gasteiger partial charge in [-0.15, -0.1) is 0 Å². The molecule has 47 heavy (non-hydrogen) atoms. The molecule has 1 aliphatic heterocycles. The first-order chi connectivity index (χ1) is 21.9. The van der Waals surface area contributed by atoms with Crippen molar-refractivity contribution in [3.05, 3.63) is 23.8 Å². The molecular weight excluding hydrogens is 656 g/mol. The minimum atomic E-state index is -2.32. The Morgan fingerprint density at radius 3 is 2.62 bits per heavy atom. The first-order valence-electron chi connectivity index (χ1n) is 16.2. The summed E-state index contributed by atoms with van der Waals surface area (Å²) < 4.78 is 51.0. The maximum absolute atomic E-state index is 17.6. The Morgan fingerprint density at radius 2 is 1.94 bits per heavy atom. The lowest BCUT2D eigenvalue weighted by atomic mass is 9.44. The highest BCUT2D eigenvalue weighted by Crippen LogP contribution is 2.72. The van der Waals surface area contributed by atoms with E-state index in [0.717, 1.165) is 6.08 Å². The third-order valence-electron chi connectivity index (χ3n) is 11.0. The van der Waals surface area contributed by atoms with Crippen LogP contribution in [0.1, 0.15) is 73.1 Å². The molecule has 0 aromatic heterocycles. The van der Waals surface area contributed by atoms with Gasteiger partial charge in [-0.3, -0.25) is 14.4 Å². The average molecular weight is 702 g/mol. The van der Waals surface area contributed by atoms with E-state index in [-0.39, 0.29) is 37.8 Å². The van der Waals surface area contributed by atoms with Gasteiger partial charge in [0.25, 0.3) is 0 Å². The number of alkyl halides is 2. The molecule has 0 spiro atoms. The van der Waals surface area contributed by atoms with Crippen molar-refractivity contribution in [3.63, 3.8) is 0 Å². The summed E-state index contributed by atoms with van der Waals surface area (Å²) >= 11 is 0. The number of aliphatic hydroxyl groups excluding tert-OH is 1. The second-order valence-corrected chi connectivity index (χ2v) is 17.6. The predicted octanol–water partition coefficient (Wildman–Crippen LogP) is 5.13. The number of allylic oxidation sites excluding steroid dienone is 4. The smallest absolute Gasteiger partial charge is 0.407 e. The maximum atomic E-state index is 17.6. The van der Waals surface area contributed by atoms with Gasteiger partial charge >= 0.3 is 12.1 Å². The van der Waals surface area contributed by atoms with Gasteiger partial charge < -0.3 is 29.7 Å². The highest BCUT2D eigenvalue weighted by molar-refractivity contribution is 8.77. The van der Waals surface area contributed by atoms with Crippen LogP contribution >= 0.6 is 21.6 Å². The molecule has 5 aliphatic rings. The third kappa shape index (κ3) is 5.97. The largest absolute Gasteiger partial charge is 0.481 e. The van der Waals surface area contributed by atoms with E-state index in [1.165, 1.54) is 40.7 Å². The predicted molar refractivity (Wildman–Crippen MR) is 172 cm³/mol. The number of carboxylic acid groups (broad SMARTS) is 1. The Bertz CT molecular complexity index is 1360. The quantitative estimate of drug-likeness (QED) is 0.184. The molecule has 0 bridgehead atoms. The Balaban J connectivity index is 1.32. The fraction of sp³-hybridized carbons (Fsp3) is 0.758. The molecule has 10 atom stereocenters. The van der Waals surface area contributed by atoms with E-state index in [0.29, 0.717) is 18.6 Å². The summed E-state index contributed by atoms with van der Waals surface area (Å²) in [5.74, 6) is -3.06. The molecule has 1 amide bonds. The maximum Gasteiger partial charge on any atom is 0.407 e. The first-order valence-corrected chi connectivity index (χ1v) is 18.5. The van der Waals surface area contributed by atoms with Crippen LogP contribution in [-0.4, -0.2) is 93.4 Å². The van der Waals surface area contributed by atoms with Gasteiger partial charge in [-0.05, 0) is 70.1 Å². The van der Waals surface area contributed by atoms with Gasteiger partial charge in [-0.1, -0.05) is 47.9 Å². The number of Topliss-reactive ketones (excluding diaryl/α,β-unsaturated/α-hetero) is 1. The van der Waals surface area contributed by atoms with Crippen molar-refractivity contribution in [2.24, 2.45) is 22.7 Å². The van der Waals surface area contributed by atoms with E-state index in [2.05, 4.69) is 5.32 Å². The van der Waals surface area contributed by atoms with E-state index in [9.17, 15) is 24.3 Å². The van der Waals surface area contributed by atoms with Crippen LogP contribution in [0.3, 0.4) is 0 Å². The third-order valence-corrected chi connectivity index (χ3v) is 14.3. The van der Waals surface area contributed by atoms with Gasteiger partial charge in [-0.25, -0.2) is 13.6 Å².